The van der Waals surface area contributed by atoms with Gasteiger partial charge in [0.25, 0.3) is 0 Å². The number of ketones is 1. The van der Waals surface area contributed by atoms with Crippen molar-refractivity contribution in [2.75, 3.05) is 13.7 Å². The van der Waals surface area contributed by atoms with Crippen molar-refractivity contribution < 1.29 is 19.1 Å². The van der Waals surface area contributed by atoms with E-state index in [1.807, 2.05) is 32.0 Å². The molecule has 5 nitrogen and oxygen atoms in total. The quantitative estimate of drug-likeness (QED) is 0.359. The van der Waals surface area contributed by atoms with Gasteiger partial charge in [0.2, 0.25) is 5.78 Å². The molecule has 2 aromatic rings. The molecule has 0 amide bonds. The number of rotatable bonds is 9. The number of nitrogens with zero attached hydrogens (tertiary/aromatic N) is 1. The van der Waals surface area contributed by atoms with E-state index in [1.165, 1.54) is 7.11 Å². The van der Waals surface area contributed by atoms with Gasteiger partial charge < -0.3 is 9.47 Å². The van der Waals surface area contributed by atoms with Crippen molar-refractivity contribution in [3.63, 3.8) is 0 Å². The fourth-order valence-corrected chi connectivity index (χ4v) is 4.22. The minimum absolute atomic E-state index is 0.175. The highest BCUT2D eigenvalue weighted by Crippen LogP contribution is 2.66. The maximum absolute atomic E-state index is 12.9. The lowest BCUT2D eigenvalue weighted by Gasteiger charge is -2.17. The van der Waals surface area contributed by atoms with Crippen molar-refractivity contribution in [2.24, 2.45) is 5.41 Å². The lowest BCUT2D eigenvalue weighted by Crippen LogP contribution is -2.31. The Morgan fingerprint density at radius 3 is 2.41 bits per heavy atom. The number of esters is 1. The normalized spacial score (nSPS) is 22.1. The van der Waals surface area contributed by atoms with Gasteiger partial charge in [-0.2, -0.15) is 0 Å². The zero-order valence-electron chi connectivity index (χ0n) is 17.6. The largest absolute Gasteiger partial charge is 0.468 e. The summed E-state index contributed by atoms with van der Waals surface area (Å²) in [6, 6.07) is 14.2. The van der Waals surface area contributed by atoms with Crippen LogP contribution in [0.3, 0.4) is 0 Å². The third-order valence-corrected chi connectivity index (χ3v) is 5.94. The number of carbonyl (C=O) groups is 2. The third kappa shape index (κ3) is 3.60. The third-order valence-electron chi connectivity index (χ3n) is 5.94. The van der Waals surface area contributed by atoms with E-state index in [4.69, 9.17) is 9.47 Å². The summed E-state index contributed by atoms with van der Waals surface area (Å²) in [6.07, 6.45) is 2.79. The van der Waals surface area contributed by atoms with Gasteiger partial charge in [-0.25, -0.2) is 4.98 Å². The van der Waals surface area contributed by atoms with E-state index in [1.54, 1.807) is 30.3 Å². The first-order chi connectivity index (χ1) is 13.9. The van der Waals surface area contributed by atoms with Crippen LogP contribution in [0, 0.1) is 5.41 Å². The maximum Gasteiger partial charge on any atom is 0.321 e. The second kappa shape index (κ2) is 8.46. The Hall–Kier alpha value is -2.53. The van der Waals surface area contributed by atoms with Crippen LogP contribution in [0.1, 0.15) is 61.8 Å². The van der Waals surface area contributed by atoms with Crippen molar-refractivity contribution in [1.82, 2.24) is 4.98 Å². The molecule has 1 aromatic heterocycles. The summed E-state index contributed by atoms with van der Waals surface area (Å²) in [5, 5.41) is 0. The Balaban J connectivity index is 1.94. The SMILES string of the molecule is CCCCCOC1C(C)(C)C1(C(=O)OC)c1cccc(C(=O)c2ccccc2)n1. The van der Waals surface area contributed by atoms with Crippen LogP contribution < -0.4 is 0 Å². The van der Waals surface area contributed by atoms with Gasteiger partial charge >= 0.3 is 5.97 Å². The molecular weight excluding hydrogens is 366 g/mol. The van der Waals surface area contributed by atoms with E-state index in [-0.39, 0.29) is 17.9 Å². The van der Waals surface area contributed by atoms with Crippen LogP contribution >= 0.6 is 0 Å². The van der Waals surface area contributed by atoms with E-state index in [0.717, 1.165) is 19.3 Å². The minimum atomic E-state index is -1.01. The van der Waals surface area contributed by atoms with Crippen LogP contribution in [0.25, 0.3) is 0 Å². The zero-order chi connectivity index (χ0) is 21.1. The predicted molar refractivity (Wildman–Crippen MR) is 111 cm³/mol. The molecule has 1 aromatic carbocycles. The van der Waals surface area contributed by atoms with E-state index >= 15 is 0 Å². The van der Waals surface area contributed by atoms with Crippen molar-refractivity contribution in [3.8, 4) is 0 Å². The van der Waals surface area contributed by atoms with Gasteiger partial charge in [0, 0.05) is 17.6 Å². The van der Waals surface area contributed by atoms with Gasteiger partial charge in [-0.15, -0.1) is 0 Å². The van der Waals surface area contributed by atoms with Gasteiger partial charge in [-0.3, -0.25) is 9.59 Å². The van der Waals surface area contributed by atoms with Crippen molar-refractivity contribution in [1.29, 1.82) is 0 Å². The zero-order valence-corrected chi connectivity index (χ0v) is 17.6. The number of methoxy groups -OCH3 is 1. The van der Waals surface area contributed by atoms with E-state index < -0.39 is 10.8 Å². The van der Waals surface area contributed by atoms with Gasteiger partial charge in [0.1, 0.15) is 11.1 Å². The predicted octanol–water partition coefficient (Wildman–Crippen LogP) is 4.34. The van der Waals surface area contributed by atoms with E-state index in [9.17, 15) is 9.59 Å². The first kappa shape index (κ1) is 21.2. The Morgan fingerprint density at radius 1 is 1.03 bits per heavy atom. The number of carbonyl (C=O) groups excluding carboxylic acids is 2. The van der Waals surface area contributed by atoms with Crippen molar-refractivity contribution in [2.45, 2.75) is 51.6 Å². The van der Waals surface area contributed by atoms with Crippen LogP contribution in [0.5, 0.6) is 0 Å². The van der Waals surface area contributed by atoms with Crippen LogP contribution in [0.4, 0.5) is 0 Å². The minimum Gasteiger partial charge on any atom is -0.468 e. The molecule has 0 spiro atoms. The molecule has 3 rings (SSSR count). The molecule has 154 valence electrons. The lowest BCUT2D eigenvalue weighted by molar-refractivity contribution is -0.145. The summed E-state index contributed by atoms with van der Waals surface area (Å²) in [7, 11) is 1.38. The van der Waals surface area contributed by atoms with Crippen molar-refractivity contribution in [3.05, 3.63) is 65.5 Å². The maximum atomic E-state index is 12.9. The number of hydrogen-bond donors (Lipinski definition) is 0. The fraction of sp³-hybridized carbons (Fsp3) is 0.458. The molecule has 0 radical (unpaired) electrons. The van der Waals surface area contributed by atoms with Gasteiger partial charge in [0.15, 0.2) is 0 Å². The Labute approximate surface area is 172 Å². The summed E-state index contributed by atoms with van der Waals surface area (Å²) in [6.45, 7) is 6.70. The van der Waals surface area contributed by atoms with Crippen LogP contribution in [0.2, 0.25) is 0 Å². The molecule has 1 aliphatic carbocycles. The number of unbranched alkanes of at least 4 members (excludes halogenated alkanes) is 2. The smallest absolute Gasteiger partial charge is 0.321 e. The highest BCUT2D eigenvalue weighted by molar-refractivity contribution is 6.07. The Morgan fingerprint density at radius 2 is 1.76 bits per heavy atom. The topological polar surface area (TPSA) is 65.5 Å². The van der Waals surface area contributed by atoms with E-state index in [2.05, 4.69) is 11.9 Å². The lowest BCUT2D eigenvalue weighted by atomic mass is 9.91. The standard InChI is InChI=1S/C24H29NO4/c1-5-6-10-16-29-21-23(2,3)24(21,22(27)28-4)19-15-11-14-18(25-19)20(26)17-12-8-7-9-13-17/h7-9,11-15,21H,5-6,10,16H2,1-4H3. The number of aromatic nitrogens is 1. The highest BCUT2D eigenvalue weighted by atomic mass is 16.5. The number of hydrogen-bond acceptors (Lipinski definition) is 5. The number of pyridine rings is 1. The molecule has 1 heterocycles. The summed E-state index contributed by atoms with van der Waals surface area (Å²) < 4.78 is 11.3. The Bertz CT molecular complexity index is 877. The molecule has 0 aliphatic heterocycles. The van der Waals surface area contributed by atoms with E-state index in [0.29, 0.717) is 23.6 Å². The first-order valence-corrected chi connectivity index (χ1v) is 10.2. The molecular formula is C24H29NO4. The molecule has 1 saturated carbocycles. The number of ether oxygens (including phenoxy) is 2. The summed E-state index contributed by atoms with van der Waals surface area (Å²) in [4.78, 5) is 30.4. The molecule has 2 unspecified atom stereocenters. The molecule has 0 bridgehead atoms. The summed E-state index contributed by atoms with van der Waals surface area (Å²) >= 11 is 0. The molecule has 1 aliphatic rings. The first-order valence-electron chi connectivity index (χ1n) is 10.2. The second-order valence-electron chi connectivity index (χ2n) is 8.08. The monoisotopic (exact) mass is 395 g/mol. The fourth-order valence-electron chi connectivity index (χ4n) is 4.22. The number of benzene rings is 1. The summed E-state index contributed by atoms with van der Waals surface area (Å²) in [5.74, 6) is -0.550. The van der Waals surface area contributed by atoms with Crippen LogP contribution in [-0.4, -0.2) is 36.6 Å². The molecule has 0 N–H and O–H groups in total. The molecule has 0 saturated heterocycles. The molecule has 2 atom stereocenters. The average molecular weight is 395 g/mol. The van der Waals surface area contributed by atoms with Crippen LogP contribution in [-0.2, 0) is 19.7 Å². The molecule has 29 heavy (non-hydrogen) atoms. The van der Waals surface area contributed by atoms with Crippen LogP contribution in [0.15, 0.2) is 48.5 Å². The second-order valence-corrected chi connectivity index (χ2v) is 8.08. The molecule has 5 heteroatoms. The summed E-state index contributed by atoms with van der Waals surface area (Å²) in [5.41, 5.74) is -0.0954. The highest BCUT2D eigenvalue weighted by Gasteiger charge is 2.79. The van der Waals surface area contributed by atoms with Gasteiger partial charge in [-0.1, -0.05) is 70.0 Å². The van der Waals surface area contributed by atoms with Crippen molar-refractivity contribution >= 4 is 11.8 Å². The average Bonchev–Trinajstić information content (AvgIpc) is 3.26. The Kier molecular flexibility index (Phi) is 6.18. The van der Waals surface area contributed by atoms with Gasteiger partial charge in [0.05, 0.1) is 18.9 Å². The molecule has 1 fully saturated rings. The van der Waals surface area contributed by atoms with Gasteiger partial charge in [-0.05, 0) is 18.6 Å².